The standard InChI is InChI=1S/C13H22N2O3S/c1-3-8-19-9-7-14-12(18)15-10-5-4-6-13(10,2)11(16)17/h3,10H,1,4-9H2,2H3,(H,16,17)(H2,14,15,18). The van der Waals surface area contributed by atoms with Gasteiger partial charge in [0, 0.05) is 24.1 Å². The van der Waals surface area contributed by atoms with Gasteiger partial charge in [-0.2, -0.15) is 11.8 Å². The second-order valence-corrected chi connectivity index (χ2v) is 6.08. The summed E-state index contributed by atoms with van der Waals surface area (Å²) < 4.78 is 0. The molecule has 0 heterocycles. The molecule has 1 rings (SSSR count). The van der Waals surface area contributed by atoms with Crippen LogP contribution < -0.4 is 10.6 Å². The van der Waals surface area contributed by atoms with E-state index < -0.39 is 11.4 Å². The Morgan fingerprint density at radius 1 is 1.58 bits per heavy atom. The summed E-state index contributed by atoms with van der Waals surface area (Å²) in [4.78, 5) is 23.0. The Labute approximate surface area is 118 Å². The van der Waals surface area contributed by atoms with E-state index in [2.05, 4.69) is 17.2 Å². The molecule has 1 fully saturated rings. The van der Waals surface area contributed by atoms with Gasteiger partial charge in [0.2, 0.25) is 0 Å². The number of hydrogen-bond acceptors (Lipinski definition) is 3. The van der Waals surface area contributed by atoms with Gasteiger partial charge in [0.15, 0.2) is 0 Å². The largest absolute Gasteiger partial charge is 0.481 e. The van der Waals surface area contributed by atoms with Crippen LogP contribution in [0.2, 0.25) is 0 Å². The highest BCUT2D eigenvalue weighted by molar-refractivity contribution is 7.99. The Balaban J connectivity index is 2.32. The van der Waals surface area contributed by atoms with Gasteiger partial charge in [0.05, 0.1) is 5.41 Å². The summed E-state index contributed by atoms with van der Waals surface area (Å²) in [7, 11) is 0. The van der Waals surface area contributed by atoms with Gasteiger partial charge < -0.3 is 15.7 Å². The molecule has 0 saturated heterocycles. The SMILES string of the molecule is C=CCSCCNC(=O)NC1CCCC1(C)C(=O)O. The predicted octanol–water partition coefficient (Wildman–Crippen LogP) is 1.85. The lowest BCUT2D eigenvalue weighted by Gasteiger charge is -2.27. The van der Waals surface area contributed by atoms with E-state index in [1.54, 1.807) is 18.7 Å². The molecule has 1 aliphatic carbocycles. The second-order valence-electron chi connectivity index (χ2n) is 4.93. The molecule has 1 saturated carbocycles. The van der Waals surface area contributed by atoms with Gasteiger partial charge in [-0.1, -0.05) is 12.5 Å². The van der Waals surface area contributed by atoms with Crippen molar-refractivity contribution in [3.05, 3.63) is 12.7 Å². The fraction of sp³-hybridized carbons (Fsp3) is 0.692. The summed E-state index contributed by atoms with van der Waals surface area (Å²) in [5.74, 6) is 0.848. The molecule has 0 aromatic carbocycles. The predicted molar refractivity (Wildman–Crippen MR) is 77.4 cm³/mol. The van der Waals surface area contributed by atoms with Crippen LogP contribution in [0.15, 0.2) is 12.7 Å². The number of amides is 2. The van der Waals surface area contributed by atoms with Crippen molar-refractivity contribution < 1.29 is 14.7 Å². The van der Waals surface area contributed by atoms with Crippen LogP contribution in [0.3, 0.4) is 0 Å². The number of carbonyl (C=O) groups is 2. The van der Waals surface area contributed by atoms with E-state index in [0.29, 0.717) is 13.0 Å². The number of carboxylic acid groups (broad SMARTS) is 1. The average Bonchev–Trinajstić information content (AvgIpc) is 2.72. The minimum Gasteiger partial charge on any atom is -0.481 e. The molecule has 3 N–H and O–H groups in total. The van der Waals surface area contributed by atoms with Crippen molar-refractivity contribution >= 4 is 23.8 Å². The number of carboxylic acids is 1. The highest BCUT2D eigenvalue weighted by atomic mass is 32.2. The number of urea groups is 1. The van der Waals surface area contributed by atoms with Gasteiger partial charge >= 0.3 is 12.0 Å². The van der Waals surface area contributed by atoms with Crippen molar-refractivity contribution in [2.75, 3.05) is 18.1 Å². The lowest BCUT2D eigenvalue weighted by Crippen LogP contribution is -2.50. The quantitative estimate of drug-likeness (QED) is 0.493. The Hall–Kier alpha value is -1.17. The zero-order valence-electron chi connectivity index (χ0n) is 11.3. The van der Waals surface area contributed by atoms with Crippen LogP contribution in [0.5, 0.6) is 0 Å². The van der Waals surface area contributed by atoms with E-state index >= 15 is 0 Å². The number of carbonyl (C=O) groups excluding carboxylic acids is 1. The molecule has 0 bridgehead atoms. The van der Waals surface area contributed by atoms with Crippen LogP contribution in [-0.2, 0) is 4.79 Å². The molecular formula is C13H22N2O3S. The summed E-state index contributed by atoms with van der Waals surface area (Å²) in [6.45, 7) is 5.89. The summed E-state index contributed by atoms with van der Waals surface area (Å²) >= 11 is 1.69. The minimum absolute atomic E-state index is 0.279. The van der Waals surface area contributed by atoms with Crippen LogP contribution in [0.4, 0.5) is 4.79 Å². The maximum absolute atomic E-state index is 11.7. The van der Waals surface area contributed by atoms with Crippen LogP contribution in [0.1, 0.15) is 26.2 Å². The molecule has 0 aliphatic heterocycles. The van der Waals surface area contributed by atoms with Gasteiger partial charge in [-0.3, -0.25) is 4.79 Å². The third kappa shape index (κ3) is 4.45. The minimum atomic E-state index is -0.838. The maximum Gasteiger partial charge on any atom is 0.315 e. The Morgan fingerprint density at radius 3 is 2.95 bits per heavy atom. The summed E-state index contributed by atoms with van der Waals surface area (Å²) in [6, 6.07) is -0.565. The molecule has 5 nitrogen and oxygen atoms in total. The van der Waals surface area contributed by atoms with E-state index in [4.69, 9.17) is 0 Å². The first-order valence-electron chi connectivity index (χ1n) is 6.47. The normalized spacial score (nSPS) is 25.8. The Bertz CT molecular complexity index is 349. The Morgan fingerprint density at radius 2 is 2.32 bits per heavy atom. The third-order valence-electron chi connectivity index (χ3n) is 3.52. The fourth-order valence-corrected chi connectivity index (χ4v) is 2.85. The van der Waals surface area contributed by atoms with Crippen LogP contribution in [0, 0.1) is 5.41 Å². The molecule has 108 valence electrons. The number of nitrogens with one attached hydrogen (secondary N) is 2. The van der Waals surface area contributed by atoms with Crippen molar-refractivity contribution in [2.24, 2.45) is 5.41 Å². The molecule has 2 atom stereocenters. The van der Waals surface area contributed by atoms with E-state index in [1.165, 1.54) is 0 Å². The molecule has 0 radical (unpaired) electrons. The molecule has 0 spiro atoms. The fourth-order valence-electron chi connectivity index (χ4n) is 2.27. The molecule has 2 amide bonds. The van der Waals surface area contributed by atoms with Crippen molar-refractivity contribution in [2.45, 2.75) is 32.2 Å². The van der Waals surface area contributed by atoms with E-state index in [9.17, 15) is 14.7 Å². The number of hydrogen-bond donors (Lipinski definition) is 3. The summed E-state index contributed by atoms with van der Waals surface area (Å²) in [6.07, 6.45) is 3.99. The molecule has 1 aliphatic rings. The number of aliphatic carboxylic acids is 1. The summed E-state index contributed by atoms with van der Waals surface area (Å²) in [5, 5.41) is 14.8. The zero-order valence-corrected chi connectivity index (χ0v) is 12.1. The first-order valence-corrected chi connectivity index (χ1v) is 7.62. The van der Waals surface area contributed by atoms with E-state index in [1.807, 2.05) is 6.08 Å². The zero-order chi connectivity index (χ0) is 14.3. The first kappa shape index (κ1) is 15.9. The Kier molecular flexibility index (Phi) is 6.21. The molecule has 19 heavy (non-hydrogen) atoms. The van der Waals surface area contributed by atoms with Crippen LogP contribution in [0.25, 0.3) is 0 Å². The molecule has 6 heteroatoms. The van der Waals surface area contributed by atoms with Gasteiger partial charge in [-0.15, -0.1) is 6.58 Å². The second kappa shape index (κ2) is 7.43. The van der Waals surface area contributed by atoms with E-state index in [0.717, 1.165) is 24.3 Å². The smallest absolute Gasteiger partial charge is 0.315 e. The molecular weight excluding hydrogens is 264 g/mol. The molecule has 0 aromatic rings. The lowest BCUT2D eigenvalue weighted by molar-refractivity contribution is -0.148. The summed E-state index contributed by atoms with van der Waals surface area (Å²) in [5.41, 5.74) is -0.838. The molecule has 0 aromatic heterocycles. The van der Waals surface area contributed by atoms with Crippen molar-refractivity contribution in [3.63, 3.8) is 0 Å². The lowest BCUT2D eigenvalue weighted by atomic mass is 9.85. The molecule has 2 unspecified atom stereocenters. The van der Waals surface area contributed by atoms with Crippen molar-refractivity contribution in [1.29, 1.82) is 0 Å². The average molecular weight is 286 g/mol. The van der Waals surface area contributed by atoms with E-state index in [-0.39, 0.29) is 12.1 Å². The maximum atomic E-state index is 11.7. The van der Waals surface area contributed by atoms with Gasteiger partial charge in [0.25, 0.3) is 0 Å². The number of thioether (sulfide) groups is 1. The van der Waals surface area contributed by atoms with Gasteiger partial charge in [0.1, 0.15) is 0 Å². The van der Waals surface area contributed by atoms with Crippen LogP contribution >= 0.6 is 11.8 Å². The first-order chi connectivity index (χ1) is 9.00. The van der Waals surface area contributed by atoms with Crippen molar-refractivity contribution in [3.8, 4) is 0 Å². The van der Waals surface area contributed by atoms with Crippen molar-refractivity contribution in [1.82, 2.24) is 10.6 Å². The van der Waals surface area contributed by atoms with Crippen LogP contribution in [-0.4, -0.2) is 41.2 Å². The highest BCUT2D eigenvalue weighted by Gasteiger charge is 2.45. The topological polar surface area (TPSA) is 78.4 Å². The number of rotatable bonds is 7. The van der Waals surface area contributed by atoms with Gasteiger partial charge in [-0.25, -0.2) is 4.79 Å². The monoisotopic (exact) mass is 286 g/mol. The van der Waals surface area contributed by atoms with Gasteiger partial charge in [-0.05, 0) is 19.8 Å². The third-order valence-corrected chi connectivity index (χ3v) is 4.48. The highest BCUT2D eigenvalue weighted by Crippen LogP contribution is 2.38.